The Kier molecular flexibility index (Phi) is 2.70. The van der Waals surface area contributed by atoms with Crippen LogP contribution in [0.25, 0.3) is 0 Å². The highest BCUT2D eigenvalue weighted by Crippen LogP contribution is 2.39. The average molecular weight is 286 g/mol. The van der Waals surface area contributed by atoms with Crippen LogP contribution in [0.15, 0.2) is 24.3 Å². The first-order valence-corrected chi connectivity index (χ1v) is 6.06. The van der Waals surface area contributed by atoms with Gasteiger partial charge in [-0.05, 0) is 24.3 Å². The lowest BCUT2D eigenvalue weighted by molar-refractivity contribution is 0.0975. The van der Waals surface area contributed by atoms with E-state index in [9.17, 15) is 24.9 Å². The van der Waals surface area contributed by atoms with Crippen LogP contribution >= 0.6 is 0 Å². The summed E-state index contributed by atoms with van der Waals surface area (Å²) in [5.74, 6) is -2.45. The van der Waals surface area contributed by atoms with Gasteiger partial charge in [0.1, 0.15) is 17.2 Å². The van der Waals surface area contributed by atoms with Crippen LogP contribution in [0, 0.1) is 0 Å². The molecule has 0 radical (unpaired) electrons. The molecule has 1 aliphatic carbocycles. The molecule has 0 bridgehead atoms. The van der Waals surface area contributed by atoms with Gasteiger partial charge in [-0.3, -0.25) is 9.59 Å². The molecule has 0 aliphatic heterocycles. The van der Waals surface area contributed by atoms with Gasteiger partial charge in [-0.25, -0.2) is 0 Å². The lowest BCUT2D eigenvalue weighted by atomic mass is 9.82. The summed E-state index contributed by atoms with van der Waals surface area (Å²) in [7, 11) is 0. The summed E-state index contributed by atoms with van der Waals surface area (Å²) in [4.78, 5) is 24.8. The van der Waals surface area contributed by atoms with E-state index >= 15 is 0 Å². The molecule has 0 saturated carbocycles. The smallest absolute Gasteiger partial charge is 0.198 e. The van der Waals surface area contributed by atoms with E-state index in [1.807, 2.05) is 0 Å². The number of aromatic hydroxyl groups is 3. The van der Waals surface area contributed by atoms with Crippen molar-refractivity contribution in [3.63, 3.8) is 0 Å². The molecule has 21 heavy (non-hydrogen) atoms. The molecule has 6 nitrogen and oxygen atoms in total. The minimum absolute atomic E-state index is 0.00282. The highest BCUT2D eigenvalue weighted by atomic mass is 16.3. The van der Waals surface area contributed by atoms with Crippen molar-refractivity contribution in [2.75, 3.05) is 0 Å². The normalized spacial score (nSPS) is 13.0. The molecular weight excluding hydrogens is 276 g/mol. The maximum absolute atomic E-state index is 12.4. The van der Waals surface area contributed by atoms with E-state index in [1.54, 1.807) is 0 Å². The van der Waals surface area contributed by atoms with Crippen molar-refractivity contribution in [2.45, 2.75) is 6.61 Å². The number of phenolic OH excluding ortho intramolecular Hbond substituents is 1. The molecule has 2 aromatic rings. The molecule has 0 atom stereocenters. The predicted octanol–water partition coefficient (Wildman–Crippen LogP) is 1.07. The third-order valence-corrected chi connectivity index (χ3v) is 3.50. The van der Waals surface area contributed by atoms with E-state index in [1.165, 1.54) is 12.1 Å². The molecule has 106 valence electrons. The van der Waals surface area contributed by atoms with Gasteiger partial charge in [0, 0.05) is 16.7 Å². The average Bonchev–Trinajstić information content (AvgIpc) is 2.44. The van der Waals surface area contributed by atoms with Crippen LogP contribution in [0.5, 0.6) is 17.2 Å². The number of carbonyl (C=O) groups excluding carboxylic acids is 2. The Morgan fingerprint density at radius 2 is 1.57 bits per heavy atom. The molecule has 0 heterocycles. The fourth-order valence-corrected chi connectivity index (χ4v) is 2.46. The van der Waals surface area contributed by atoms with E-state index in [4.69, 9.17) is 5.11 Å². The number of fused-ring (bicyclic) bond motifs is 2. The number of hydrogen-bond donors (Lipinski definition) is 4. The van der Waals surface area contributed by atoms with E-state index in [0.717, 1.165) is 12.1 Å². The Morgan fingerprint density at radius 1 is 0.857 bits per heavy atom. The summed E-state index contributed by atoms with van der Waals surface area (Å²) in [5.41, 5.74) is -0.569. The molecule has 0 unspecified atom stereocenters. The number of hydrogen-bond acceptors (Lipinski definition) is 6. The van der Waals surface area contributed by atoms with Gasteiger partial charge in [0.25, 0.3) is 0 Å². The van der Waals surface area contributed by atoms with Crippen molar-refractivity contribution in [3.8, 4) is 17.2 Å². The molecule has 0 spiro atoms. The molecule has 0 fully saturated rings. The molecule has 0 amide bonds. The zero-order valence-corrected chi connectivity index (χ0v) is 10.6. The van der Waals surface area contributed by atoms with E-state index in [-0.39, 0.29) is 33.6 Å². The summed E-state index contributed by atoms with van der Waals surface area (Å²) < 4.78 is 0. The lowest BCUT2D eigenvalue weighted by Crippen LogP contribution is -2.21. The Bertz CT molecular complexity index is 806. The summed E-state index contributed by atoms with van der Waals surface area (Å²) in [6.45, 7) is -0.672. The maximum Gasteiger partial charge on any atom is 0.198 e. The van der Waals surface area contributed by atoms with Gasteiger partial charge in [-0.2, -0.15) is 0 Å². The van der Waals surface area contributed by atoms with Gasteiger partial charge in [0.05, 0.1) is 17.7 Å². The SMILES string of the molecule is O=C1c2cc(O)ccc2C(=O)c2c1cc(O)c(CO)c2O. The topological polar surface area (TPSA) is 115 Å². The number of phenols is 3. The van der Waals surface area contributed by atoms with Crippen molar-refractivity contribution in [1.82, 2.24) is 0 Å². The van der Waals surface area contributed by atoms with Gasteiger partial charge >= 0.3 is 0 Å². The molecular formula is C15H10O6. The maximum atomic E-state index is 12.4. The van der Waals surface area contributed by atoms with Crippen LogP contribution in [0.2, 0.25) is 0 Å². The van der Waals surface area contributed by atoms with Gasteiger partial charge in [-0.15, -0.1) is 0 Å². The Balaban J connectivity index is 2.35. The van der Waals surface area contributed by atoms with Crippen molar-refractivity contribution < 1.29 is 30.0 Å². The van der Waals surface area contributed by atoms with Crippen LogP contribution in [0.3, 0.4) is 0 Å². The van der Waals surface area contributed by atoms with Crippen LogP contribution in [-0.2, 0) is 6.61 Å². The minimum Gasteiger partial charge on any atom is -0.508 e. The van der Waals surface area contributed by atoms with Crippen LogP contribution in [-0.4, -0.2) is 32.0 Å². The molecule has 6 heteroatoms. The second kappa shape index (κ2) is 4.32. The third kappa shape index (κ3) is 1.70. The zero-order chi connectivity index (χ0) is 15.3. The van der Waals surface area contributed by atoms with Crippen LogP contribution in [0.4, 0.5) is 0 Å². The quantitative estimate of drug-likeness (QED) is 0.532. The van der Waals surface area contributed by atoms with E-state index in [0.29, 0.717) is 0 Å². The minimum atomic E-state index is -0.672. The zero-order valence-electron chi connectivity index (χ0n) is 10.6. The van der Waals surface area contributed by atoms with E-state index in [2.05, 4.69) is 0 Å². The highest BCUT2D eigenvalue weighted by molar-refractivity contribution is 6.29. The monoisotopic (exact) mass is 286 g/mol. The molecule has 0 saturated heterocycles. The van der Waals surface area contributed by atoms with Gasteiger partial charge < -0.3 is 20.4 Å². The summed E-state index contributed by atoms with van der Waals surface area (Å²) in [6, 6.07) is 4.75. The van der Waals surface area contributed by atoms with E-state index < -0.39 is 29.7 Å². The Hall–Kier alpha value is -2.86. The first kappa shape index (κ1) is 13.1. The first-order valence-electron chi connectivity index (χ1n) is 6.06. The van der Waals surface area contributed by atoms with Crippen molar-refractivity contribution >= 4 is 11.6 Å². The van der Waals surface area contributed by atoms with Gasteiger partial charge in [0.2, 0.25) is 0 Å². The number of aliphatic hydroxyl groups is 1. The molecule has 3 rings (SSSR count). The van der Waals surface area contributed by atoms with Crippen molar-refractivity contribution in [2.24, 2.45) is 0 Å². The van der Waals surface area contributed by atoms with Gasteiger partial charge in [-0.1, -0.05) is 0 Å². The van der Waals surface area contributed by atoms with Crippen molar-refractivity contribution in [3.05, 3.63) is 52.1 Å². The predicted molar refractivity (Wildman–Crippen MR) is 70.7 cm³/mol. The standard InChI is InChI=1S/C15H10O6/c16-5-10-11(18)4-9-12(15(10)21)14(20)7-2-1-6(17)3-8(7)13(9)19/h1-4,16-18,21H,5H2. The fraction of sp³-hybridized carbons (Fsp3) is 0.0667. The van der Waals surface area contributed by atoms with Crippen LogP contribution in [0.1, 0.15) is 37.4 Å². The Morgan fingerprint density at radius 3 is 2.24 bits per heavy atom. The summed E-state index contributed by atoms with van der Waals surface area (Å²) in [5, 5.41) is 38.3. The lowest BCUT2D eigenvalue weighted by Gasteiger charge is -2.20. The number of carbonyl (C=O) groups is 2. The second-order valence-corrected chi connectivity index (χ2v) is 4.69. The number of rotatable bonds is 1. The number of ketones is 2. The van der Waals surface area contributed by atoms with Crippen molar-refractivity contribution in [1.29, 1.82) is 0 Å². The number of aliphatic hydroxyl groups excluding tert-OH is 1. The molecule has 4 N–H and O–H groups in total. The summed E-state index contributed by atoms with van der Waals surface area (Å²) >= 11 is 0. The molecule has 1 aliphatic rings. The summed E-state index contributed by atoms with van der Waals surface area (Å²) in [6.07, 6.45) is 0. The number of benzene rings is 2. The molecule has 0 aromatic heterocycles. The first-order chi connectivity index (χ1) is 9.95. The molecule has 2 aromatic carbocycles. The largest absolute Gasteiger partial charge is 0.508 e. The van der Waals surface area contributed by atoms with Gasteiger partial charge in [0.15, 0.2) is 11.6 Å². The van der Waals surface area contributed by atoms with Crippen LogP contribution < -0.4 is 0 Å². The highest BCUT2D eigenvalue weighted by Gasteiger charge is 2.34. The fourth-order valence-electron chi connectivity index (χ4n) is 2.46. The Labute approximate surface area is 118 Å². The second-order valence-electron chi connectivity index (χ2n) is 4.69. The third-order valence-electron chi connectivity index (χ3n) is 3.50.